The minimum atomic E-state index is -0.306. The monoisotopic (exact) mass is 461 g/mol. The number of morpholine rings is 1. The predicted molar refractivity (Wildman–Crippen MR) is 131 cm³/mol. The zero-order chi connectivity index (χ0) is 22.8. The third-order valence-electron chi connectivity index (χ3n) is 5.97. The minimum absolute atomic E-state index is 0.0946. The molecule has 0 aliphatic carbocycles. The summed E-state index contributed by atoms with van der Waals surface area (Å²) in [7, 11) is 0. The fourth-order valence-electron chi connectivity index (χ4n) is 4.28. The van der Waals surface area contributed by atoms with E-state index in [2.05, 4.69) is 36.8 Å². The number of nitrogens with one attached hydrogen (secondary N) is 1. The highest BCUT2D eigenvalue weighted by atomic mass is 32.2. The fraction of sp³-hybridized carbons (Fsp3) is 0.320. The summed E-state index contributed by atoms with van der Waals surface area (Å²) in [6, 6.07) is 18.2. The summed E-state index contributed by atoms with van der Waals surface area (Å²) in [5.41, 5.74) is 3.80. The van der Waals surface area contributed by atoms with E-state index in [1.165, 1.54) is 17.3 Å². The van der Waals surface area contributed by atoms with Crippen LogP contribution in [0, 0.1) is 6.92 Å². The van der Waals surface area contributed by atoms with Gasteiger partial charge in [-0.1, -0.05) is 60.3 Å². The highest BCUT2D eigenvalue weighted by Crippen LogP contribution is 2.31. The Morgan fingerprint density at radius 3 is 2.61 bits per heavy atom. The number of para-hydroxylation sites is 1. The molecule has 1 atom stereocenters. The molecule has 1 fully saturated rings. The van der Waals surface area contributed by atoms with Crippen molar-refractivity contribution in [2.75, 3.05) is 31.2 Å². The molecule has 0 spiro atoms. The van der Waals surface area contributed by atoms with E-state index in [4.69, 9.17) is 4.74 Å². The Hall–Kier alpha value is -3.10. The van der Waals surface area contributed by atoms with Crippen LogP contribution < -0.4 is 4.90 Å². The van der Waals surface area contributed by atoms with Gasteiger partial charge >= 0.3 is 0 Å². The lowest BCUT2D eigenvalue weighted by Crippen LogP contribution is -2.38. The first-order valence-corrected chi connectivity index (χ1v) is 12.1. The number of benzene rings is 2. The molecule has 2 aromatic carbocycles. The number of fused-ring (bicyclic) bond motifs is 1. The Morgan fingerprint density at radius 2 is 1.82 bits per heavy atom. The van der Waals surface area contributed by atoms with Gasteiger partial charge in [-0.25, -0.2) is 0 Å². The molecule has 33 heavy (non-hydrogen) atoms. The zero-order valence-electron chi connectivity index (χ0n) is 18.8. The van der Waals surface area contributed by atoms with Crippen molar-refractivity contribution in [2.45, 2.75) is 30.8 Å². The Labute approximate surface area is 197 Å². The summed E-state index contributed by atoms with van der Waals surface area (Å²) in [6.45, 7) is 7.46. The van der Waals surface area contributed by atoms with Gasteiger partial charge in [0.1, 0.15) is 0 Å². The summed E-state index contributed by atoms with van der Waals surface area (Å²) in [5.74, 6) is 0.921. The van der Waals surface area contributed by atoms with Gasteiger partial charge in [-0.05, 0) is 25.5 Å². The summed E-state index contributed by atoms with van der Waals surface area (Å²) < 4.78 is 7.64. The molecular formula is C25H27N5O2S. The van der Waals surface area contributed by atoms with Crippen LogP contribution in [0.3, 0.4) is 0 Å². The smallest absolute Gasteiger partial charge is 0.228 e. The van der Waals surface area contributed by atoms with Crippen LogP contribution in [-0.2, 0) is 11.3 Å². The predicted octanol–water partition coefficient (Wildman–Crippen LogP) is 4.32. The van der Waals surface area contributed by atoms with Crippen LogP contribution in [0.5, 0.6) is 0 Å². The number of aromatic amines is 1. The van der Waals surface area contributed by atoms with Gasteiger partial charge in [0, 0.05) is 35.2 Å². The van der Waals surface area contributed by atoms with Crippen LogP contribution in [0.1, 0.15) is 28.5 Å². The van der Waals surface area contributed by atoms with Gasteiger partial charge in [0.2, 0.25) is 5.95 Å². The number of nitrogens with zero attached hydrogens (tertiary/aromatic N) is 4. The number of aryl methyl sites for hydroxylation is 1. The molecule has 0 radical (unpaired) electrons. The summed E-state index contributed by atoms with van der Waals surface area (Å²) >= 11 is 1.47. The standard InChI is InChI=1S/C25H27N5O2S/c1-17-22(20-10-6-7-11-21(20)26-17)23(31)18(2)33-25-28-27-24(29-12-14-32-15-13-29)30(25)16-19-8-4-3-5-9-19/h3-11,18,26H,12-16H2,1-2H3/t18-/m1/s1. The lowest BCUT2D eigenvalue weighted by Gasteiger charge is -2.28. The van der Waals surface area contributed by atoms with E-state index in [1.807, 2.05) is 56.3 Å². The number of H-pyrrole nitrogens is 1. The topological polar surface area (TPSA) is 76.0 Å². The number of hydrogen-bond donors (Lipinski definition) is 1. The van der Waals surface area contributed by atoms with E-state index in [9.17, 15) is 4.79 Å². The van der Waals surface area contributed by atoms with Gasteiger partial charge in [-0.3, -0.25) is 9.36 Å². The highest BCUT2D eigenvalue weighted by molar-refractivity contribution is 8.00. The molecule has 0 bridgehead atoms. The molecule has 7 nitrogen and oxygen atoms in total. The van der Waals surface area contributed by atoms with E-state index in [-0.39, 0.29) is 11.0 Å². The molecule has 8 heteroatoms. The number of ketones is 1. The normalized spacial score (nSPS) is 15.2. The average Bonchev–Trinajstić information content (AvgIpc) is 3.39. The van der Waals surface area contributed by atoms with Crippen LogP contribution in [0.2, 0.25) is 0 Å². The third kappa shape index (κ3) is 4.41. The van der Waals surface area contributed by atoms with Crippen LogP contribution in [0.15, 0.2) is 59.8 Å². The highest BCUT2D eigenvalue weighted by Gasteiger charge is 2.26. The molecule has 170 valence electrons. The van der Waals surface area contributed by atoms with E-state index in [1.54, 1.807) is 0 Å². The first kappa shape index (κ1) is 21.7. The van der Waals surface area contributed by atoms with Gasteiger partial charge in [-0.2, -0.15) is 0 Å². The van der Waals surface area contributed by atoms with E-state index in [0.29, 0.717) is 19.8 Å². The van der Waals surface area contributed by atoms with Crippen molar-refractivity contribution < 1.29 is 9.53 Å². The molecule has 1 aliphatic heterocycles. The second kappa shape index (κ2) is 9.41. The maximum atomic E-state index is 13.5. The van der Waals surface area contributed by atoms with Gasteiger partial charge in [0.05, 0.1) is 25.0 Å². The van der Waals surface area contributed by atoms with Gasteiger partial charge < -0.3 is 14.6 Å². The number of Topliss-reactive ketones (excluding diaryl/α,β-unsaturated/α-hetero) is 1. The quantitative estimate of drug-likeness (QED) is 0.326. The molecule has 1 N–H and O–H groups in total. The van der Waals surface area contributed by atoms with Crippen molar-refractivity contribution in [1.29, 1.82) is 0 Å². The number of anilines is 1. The molecule has 2 aromatic heterocycles. The van der Waals surface area contributed by atoms with Crippen molar-refractivity contribution in [3.05, 3.63) is 71.4 Å². The van der Waals surface area contributed by atoms with E-state index in [0.717, 1.165) is 46.4 Å². The lowest BCUT2D eigenvalue weighted by atomic mass is 10.1. The first-order valence-electron chi connectivity index (χ1n) is 11.2. The number of thioether (sulfide) groups is 1. The lowest BCUT2D eigenvalue weighted by molar-refractivity contribution is 0.0995. The molecular weight excluding hydrogens is 434 g/mol. The van der Waals surface area contributed by atoms with Crippen LogP contribution in [0.4, 0.5) is 5.95 Å². The molecule has 0 saturated carbocycles. The first-order chi connectivity index (χ1) is 16.1. The van der Waals surface area contributed by atoms with Crippen molar-refractivity contribution in [2.24, 2.45) is 0 Å². The van der Waals surface area contributed by atoms with Crippen LogP contribution in [0.25, 0.3) is 10.9 Å². The fourth-order valence-corrected chi connectivity index (χ4v) is 5.18. The van der Waals surface area contributed by atoms with Crippen molar-refractivity contribution in [3.8, 4) is 0 Å². The molecule has 0 amide bonds. The third-order valence-corrected chi connectivity index (χ3v) is 7.05. The summed E-state index contributed by atoms with van der Waals surface area (Å²) in [5, 5.41) is 10.4. The SMILES string of the molecule is Cc1[nH]c2ccccc2c1C(=O)[C@@H](C)Sc1nnc(N2CCOCC2)n1Cc1ccccc1. The van der Waals surface area contributed by atoms with Crippen LogP contribution in [-0.4, -0.2) is 57.1 Å². The largest absolute Gasteiger partial charge is 0.378 e. The van der Waals surface area contributed by atoms with Gasteiger partial charge in [0.15, 0.2) is 10.9 Å². The maximum Gasteiger partial charge on any atom is 0.228 e. The molecule has 5 rings (SSSR count). The number of hydrogen-bond acceptors (Lipinski definition) is 6. The Bertz CT molecular complexity index is 1260. The number of ether oxygens (including phenoxy) is 1. The number of aromatic nitrogens is 4. The molecule has 1 aliphatic rings. The minimum Gasteiger partial charge on any atom is -0.378 e. The van der Waals surface area contributed by atoms with Crippen molar-refractivity contribution in [3.63, 3.8) is 0 Å². The molecule has 0 unspecified atom stereocenters. The summed E-state index contributed by atoms with van der Waals surface area (Å²) in [6.07, 6.45) is 0. The average molecular weight is 462 g/mol. The second-order valence-corrected chi connectivity index (χ2v) is 9.56. The number of carbonyl (C=O) groups excluding carboxylic acids is 1. The van der Waals surface area contributed by atoms with Gasteiger partial charge in [0.25, 0.3) is 0 Å². The summed E-state index contributed by atoms with van der Waals surface area (Å²) in [4.78, 5) is 19.0. The Kier molecular flexibility index (Phi) is 6.20. The van der Waals surface area contributed by atoms with Crippen molar-refractivity contribution >= 4 is 34.4 Å². The number of rotatable bonds is 7. The maximum absolute atomic E-state index is 13.5. The number of carbonyl (C=O) groups is 1. The molecule has 1 saturated heterocycles. The molecule has 4 aromatic rings. The zero-order valence-corrected chi connectivity index (χ0v) is 19.6. The molecule has 3 heterocycles. The van der Waals surface area contributed by atoms with Gasteiger partial charge in [-0.15, -0.1) is 10.2 Å². The Morgan fingerprint density at radius 1 is 1.09 bits per heavy atom. The van der Waals surface area contributed by atoms with E-state index < -0.39 is 0 Å². The van der Waals surface area contributed by atoms with Crippen molar-refractivity contribution in [1.82, 2.24) is 19.7 Å². The Balaban J connectivity index is 1.45. The van der Waals surface area contributed by atoms with Crippen LogP contribution >= 0.6 is 11.8 Å². The van der Waals surface area contributed by atoms with E-state index >= 15 is 0 Å². The second-order valence-electron chi connectivity index (χ2n) is 8.25.